The lowest BCUT2D eigenvalue weighted by Crippen LogP contribution is -2.26. The first kappa shape index (κ1) is 15.4. The first-order valence-corrected chi connectivity index (χ1v) is 7.61. The lowest BCUT2D eigenvalue weighted by molar-refractivity contribution is 0.196. The van der Waals surface area contributed by atoms with Crippen molar-refractivity contribution in [2.45, 2.75) is 11.3 Å². The quantitative estimate of drug-likeness (QED) is 0.731. The highest BCUT2D eigenvalue weighted by Gasteiger charge is 2.19. The first-order chi connectivity index (χ1) is 8.51. The molecule has 0 spiro atoms. The van der Waals surface area contributed by atoms with Gasteiger partial charge < -0.3 is 10.1 Å². The molecule has 1 aromatic heterocycles. The van der Waals surface area contributed by atoms with Gasteiger partial charge in [-0.3, -0.25) is 0 Å². The zero-order chi connectivity index (χ0) is 13.6. The van der Waals surface area contributed by atoms with E-state index in [1.165, 1.54) is 12.3 Å². The van der Waals surface area contributed by atoms with Crippen molar-refractivity contribution >= 4 is 31.8 Å². The van der Waals surface area contributed by atoms with Crippen LogP contribution in [0.4, 0.5) is 5.82 Å². The molecule has 0 aromatic carbocycles. The molecule has 0 bridgehead atoms. The summed E-state index contributed by atoms with van der Waals surface area (Å²) in [5, 5.41) is 2.75. The van der Waals surface area contributed by atoms with Crippen molar-refractivity contribution in [2.24, 2.45) is 0 Å². The van der Waals surface area contributed by atoms with Gasteiger partial charge >= 0.3 is 0 Å². The molecule has 2 N–H and O–H groups in total. The highest BCUT2D eigenvalue weighted by Crippen LogP contribution is 2.22. The lowest BCUT2D eigenvalue weighted by atomic mass is 10.4. The fourth-order valence-electron chi connectivity index (χ4n) is 1.31. The molecular weight excluding hydrogens is 322 g/mol. The number of aromatic nitrogens is 1. The van der Waals surface area contributed by atoms with Gasteiger partial charge in [0.2, 0.25) is 10.0 Å². The Morgan fingerprint density at radius 1 is 1.50 bits per heavy atom. The Kier molecular flexibility index (Phi) is 6.00. The molecule has 0 atom stereocenters. The molecule has 0 aliphatic heterocycles. The molecule has 0 fully saturated rings. The monoisotopic (exact) mass is 337 g/mol. The molecule has 18 heavy (non-hydrogen) atoms. The van der Waals surface area contributed by atoms with Crippen LogP contribution in [0.15, 0.2) is 21.6 Å². The van der Waals surface area contributed by atoms with Crippen LogP contribution in [-0.2, 0) is 14.8 Å². The number of anilines is 1. The van der Waals surface area contributed by atoms with Crippen LogP contribution in [0.25, 0.3) is 0 Å². The topological polar surface area (TPSA) is 80.3 Å². The van der Waals surface area contributed by atoms with Crippen LogP contribution in [-0.4, -0.2) is 40.7 Å². The number of pyridine rings is 1. The maximum Gasteiger partial charge on any atom is 0.244 e. The largest absolute Gasteiger partial charge is 0.385 e. The van der Waals surface area contributed by atoms with Gasteiger partial charge in [-0.25, -0.2) is 18.1 Å². The predicted molar refractivity (Wildman–Crippen MR) is 73.2 cm³/mol. The Morgan fingerprint density at radius 2 is 2.22 bits per heavy atom. The molecule has 0 saturated heterocycles. The second-order valence-electron chi connectivity index (χ2n) is 3.49. The van der Waals surface area contributed by atoms with Crippen LogP contribution in [0.2, 0.25) is 0 Å². The van der Waals surface area contributed by atoms with Crippen molar-refractivity contribution in [3.63, 3.8) is 0 Å². The third-order valence-corrected chi connectivity index (χ3v) is 4.07. The van der Waals surface area contributed by atoms with Gasteiger partial charge in [0.1, 0.15) is 10.7 Å². The summed E-state index contributed by atoms with van der Waals surface area (Å²) in [7, 11) is -0.366. The summed E-state index contributed by atoms with van der Waals surface area (Å²) in [6.07, 6.45) is 2.15. The Morgan fingerprint density at radius 3 is 2.83 bits per heavy atom. The molecule has 0 aliphatic carbocycles. The Balaban J connectivity index is 2.87. The van der Waals surface area contributed by atoms with Crippen LogP contribution in [0.3, 0.4) is 0 Å². The van der Waals surface area contributed by atoms with E-state index in [0.717, 1.165) is 0 Å². The van der Waals surface area contributed by atoms with Crippen LogP contribution in [0, 0.1) is 0 Å². The maximum absolute atomic E-state index is 12.1. The van der Waals surface area contributed by atoms with Gasteiger partial charge in [-0.15, -0.1) is 0 Å². The second kappa shape index (κ2) is 7.03. The van der Waals surface area contributed by atoms with Crippen LogP contribution < -0.4 is 10.0 Å². The van der Waals surface area contributed by atoms with Crippen molar-refractivity contribution in [1.82, 2.24) is 9.71 Å². The Hall–Kier alpha value is -0.700. The summed E-state index contributed by atoms with van der Waals surface area (Å²) in [4.78, 5) is 4.13. The number of methoxy groups -OCH3 is 1. The number of hydrogen-bond acceptors (Lipinski definition) is 5. The predicted octanol–water partition coefficient (Wildman–Crippen LogP) is 1.20. The van der Waals surface area contributed by atoms with Gasteiger partial charge in [-0.05, 0) is 28.4 Å². The van der Waals surface area contributed by atoms with E-state index in [1.807, 2.05) is 0 Å². The third-order valence-electron chi connectivity index (χ3n) is 2.16. The fraction of sp³-hybridized carbons (Fsp3) is 0.500. The van der Waals surface area contributed by atoms with Crippen molar-refractivity contribution in [2.75, 3.05) is 32.6 Å². The molecule has 1 heterocycles. The second-order valence-corrected chi connectivity index (χ2v) is 6.15. The van der Waals surface area contributed by atoms with Gasteiger partial charge in [-0.1, -0.05) is 0 Å². The fourth-order valence-corrected chi connectivity index (χ4v) is 3.06. The highest BCUT2D eigenvalue weighted by atomic mass is 79.9. The SMILES string of the molecule is CNc1ncc(Br)cc1S(=O)(=O)NCCCOC. The van der Waals surface area contributed by atoms with Crippen molar-refractivity contribution in [3.8, 4) is 0 Å². The Labute approximate surface area is 115 Å². The van der Waals surface area contributed by atoms with Crippen molar-refractivity contribution in [1.29, 1.82) is 0 Å². The Bertz CT molecular complexity index is 493. The van der Waals surface area contributed by atoms with E-state index >= 15 is 0 Å². The summed E-state index contributed by atoms with van der Waals surface area (Å²) in [5.74, 6) is 0.317. The van der Waals surface area contributed by atoms with E-state index in [-0.39, 0.29) is 4.90 Å². The van der Waals surface area contributed by atoms with Gasteiger partial charge in [0.05, 0.1) is 0 Å². The van der Waals surface area contributed by atoms with Crippen molar-refractivity contribution in [3.05, 3.63) is 16.7 Å². The minimum Gasteiger partial charge on any atom is -0.385 e. The number of ether oxygens (including phenoxy) is 1. The maximum atomic E-state index is 12.1. The molecule has 0 saturated carbocycles. The van der Waals surface area contributed by atoms with E-state index in [1.54, 1.807) is 14.2 Å². The van der Waals surface area contributed by atoms with E-state index in [4.69, 9.17) is 4.74 Å². The van der Waals surface area contributed by atoms with E-state index in [2.05, 4.69) is 31.0 Å². The zero-order valence-electron chi connectivity index (χ0n) is 10.2. The van der Waals surface area contributed by atoms with Gasteiger partial charge in [0.25, 0.3) is 0 Å². The first-order valence-electron chi connectivity index (χ1n) is 5.33. The summed E-state index contributed by atoms with van der Waals surface area (Å²) < 4.78 is 32.1. The zero-order valence-corrected chi connectivity index (χ0v) is 12.6. The molecule has 0 unspecified atom stereocenters. The number of rotatable bonds is 7. The number of halogens is 1. The molecule has 102 valence electrons. The van der Waals surface area contributed by atoms with E-state index in [0.29, 0.717) is 29.9 Å². The molecule has 1 aromatic rings. The minimum absolute atomic E-state index is 0.122. The van der Waals surface area contributed by atoms with E-state index in [9.17, 15) is 8.42 Å². The average molecular weight is 338 g/mol. The molecule has 6 nitrogen and oxygen atoms in total. The molecule has 0 aliphatic rings. The van der Waals surface area contributed by atoms with Gasteiger partial charge in [-0.2, -0.15) is 0 Å². The summed E-state index contributed by atoms with van der Waals surface area (Å²) in [5.41, 5.74) is 0. The van der Waals surface area contributed by atoms with Crippen LogP contribution in [0.5, 0.6) is 0 Å². The molecule has 8 heteroatoms. The average Bonchev–Trinajstić information content (AvgIpc) is 2.35. The number of nitrogens with zero attached hydrogens (tertiary/aromatic N) is 1. The van der Waals surface area contributed by atoms with Gasteiger partial charge in [0, 0.05) is 38.0 Å². The summed E-state index contributed by atoms with van der Waals surface area (Å²) >= 11 is 3.21. The number of nitrogens with one attached hydrogen (secondary N) is 2. The third kappa shape index (κ3) is 4.20. The molecule has 0 amide bonds. The summed E-state index contributed by atoms with van der Waals surface area (Å²) in [6, 6.07) is 1.51. The molecule has 1 rings (SSSR count). The van der Waals surface area contributed by atoms with Gasteiger partial charge in [0.15, 0.2) is 0 Å². The van der Waals surface area contributed by atoms with Crippen molar-refractivity contribution < 1.29 is 13.2 Å². The molecule has 0 radical (unpaired) electrons. The van der Waals surface area contributed by atoms with E-state index < -0.39 is 10.0 Å². The number of hydrogen-bond donors (Lipinski definition) is 2. The molecular formula is C10H16BrN3O3S. The minimum atomic E-state index is -3.57. The van der Waals surface area contributed by atoms with Crippen LogP contribution in [0.1, 0.15) is 6.42 Å². The lowest BCUT2D eigenvalue weighted by Gasteiger charge is -2.10. The summed E-state index contributed by atoms with van der Waals surface area (Å²) in [6.45, 7) is 0.837. The standard InChI is InChI=1S/C10H16BrN3O3S/c1-12-10-9(6-8(11)7-13-10)18(15,16)14-4-3-5-17-2/h6-7,14H,3-5H2,1-2H3,(H,12,13). The number of sulfonamides is 1. The highest BCUT2D eigenvalue weighted by molar-refractivity contribution is 9.10. The normalized spacial score (nSPS) is 11.5. The van der Waals surface area contributed by atoms with Crippen LogP contribution >= 0.6 is 15.9 Å². The smallest absolute Gasteiger partial charge is 0.244 e.